The smallest absolute Gasteiger partial charge is 0.251 e. The van der Waals surface area contributed by atoms with Crippen molar-refractivity contribution in [1.29, 1.82) is 0 Å². The lowest BCUT2D eigenvalue weighted by molar-refractivity contribution is 0.215. The zero-order chi connectivity index (χ0) is 19.3. The summed E-state index contributed by atoms with van der Waals surface area (Å²) in [5, 5.41) is 0. The van der Waals surface area contributed by atoms with Crippen LogP contribution in [-0.4, -0.2) is 52.0 Å². The molecular formula is C23H32N4O. The number of rotatable bonds is 6. The van der Waals surface area contributed by atoms with E-state index < -0.39 is 0 Å². The van der Waals surface area contributed by atoms with E-state index in [1.54, 1.807) is 6.07 Å². The van der Waals surface area contributed by atoms with Gasteiger partial charge in [0.1, 0.15) is 5.82 Å². The molecule has 1 aromatic carbocycles. The number of unbranched alkanes of at least 4 members (excludes halogenated alkanes) is 1. The van der Waals surface area contributed by atoms with Crippen molar-refractivity contribution in [2.45, 2.75) is 58.0 Å². The van der Waals surface area contributed by atoms with Gasteiger partial charge in [0.2, 0.25) is 0 Å². The number of aromatic nitrogens is 2. The highest BCUT2D eigenvalue weighted by atomic mass is 16.1. The summed E-state index contributed by atoms with van der Waals surface area (Å²) in [4.78, 5) is 24.8. The highest BCUT2D eigenvalue weighted by Gasteiger charge is 2.28. The second-order valence-corrected chi connectivity index (χ2v) is 8.31. The Balaban J connectivity index is 1.44. The van der Waals surface area contributed by atoms with Gasteiger partial charge in [-0.3, -0.25) is 14.6 Å². The van der Waals surface area contributed by atoms with Gasteiger partial charge >= 0.3 is 0 Å². The number of aryl methyl sites for hydroxylation is 1. The third-order valence-electron chi connectivity index (χ3n) is 6.10. The Hall–Kier alpha value is -1.98. The summed E-state index contributed by atoms with van der Waals surface area (Å²) in [7, 11) is 0. The Morgan fingerprint density at radius 1 is 1.14 bits per heavy atom. The monoisotopic (exact) mass is 380 g/mol. The van der Waals surface area contributed by atoms with Crippen molar-refractivity contribution in [2.24, 2.45) is 0 Å². The van der Waals surface area contributed by atoms with Crippen molar-refractivity contribution in [3.8, 4) is 11.4 Å². The molecule has 2 aliphatic rings. The molecule has 0 aliphatic carbocycles. The van der Waals surface area contributed by atoms with E-state index in [-0.39, 0.29) is 5.56 Å². The minimum absolute atomic E-state index is 0.0640. The molecule has 2 aliphatic heterocycles. The Morgan fingerprint density at radius 3 is 2.79 bits per heavy atom. The lowest BCUT2D eigenvalue weighted by Crippen LogP contribution is -2.36. The van der Waals surface area contributed by atoms with Crippen LogP contribution in [0, 0.1) is 0 Å². The Labute approximate surface area is 167 Å². The van der Waals surface area contributed by atoms with Crippen molar-refractivity contribution in [1.82, 2.24) is 19.8 Å². The fourth-order valence-electron chi connectivity index (χ4n) is 4.58. The fourth-order valence-corrected chi connectivity index (χ4v) is 4.58. The van der Waals surface area contributed by atoms with Crippen LogP contribution in [0.2, 0.25) is 0 Å². The minimum Gasteiger partial charge on any atom is -0.307 e. The first-order valence-corrected chi connectivity index (χ1v) is 10.9. The Morgan fingerprint density at radius 2 is 1.96 bits per heavy atom. The molecule has 28 heavy (non-hydrogen) atoms. The normalized spacial score (nSPS) is 20.8. The predicted octanol–water partition coefficient (Wildman–Crippen LogP) is 3.45. The lowest BCUT2D eigenvalue weighted by atomic mass is 10.1. The molecule has 150 valence electrons. The number of hydrogen-bond acceptors (Lipinski definition) is 4. The minimum atomic E-state index is -0.0640. The van der Waals surface area contributed by atoms with Crippen molar-refractivity contribution in [2.75, 3.05) is 26.2 Å². The number of H-pyrrole nitrogens is 1. The van der Waals surface area contributed by atoms with Gasteiger partial charge in [0.05, 0.1) is 0 Å². The van der Waals surface area contributed by atoms with Gasteiger partial charge in [0, 0.05) is 36.5 Å². The summed E-state index contributed by atoms with van der Waals surface area (Å²) >= 11 is 0. The van der Waals surface area contributed by atoms with Gasteiger partial charge in [-0.2, -0.15) is 0 Å². The van der Waals surface area contributed by atoms with Crippen molar-refractivity contribution < 1.29 is 0 Å². The number of nitrogens with zero attached hydrogens (tertiary/aromatic N) is 3. The highest BCUT2D eigenvalue weighted by molar-refractivity contribution is 5.55. The van der Waals surface area contributed by atoms with Crippen LogP contribution in [0.4, 0.5) is 0 Å². The summed E-state index contributed by atoms with van der Waals surface area (Å²) in [5.41, 5.74) is 3.14. The second kappa shape index (κ2) is 9.01. The van der Waals surface area contributed by atoms with Crippen LogP contribution in [0.5, 0.6) is 0 Å². The maximum absolute atomic E-state index is 12.0. The molecule has 5 nitrogen and oxygen atoms in total. The van der Waals surface area contributed by atoms with E-state index in [1.807, 2.05) is 0 Å². The summed E-state index contributed by atoms with van der Waals surface area (Å²) in [6.45, 7) is 8.08. The largest absolute Gasteiger partial charge is 0.307 e. The molecule has 2 saturated heterocycles. The summed E-state index contributed by atoms with van der Waals surface area (Å²) in [6, 6.07) is 10.9. The number of hydrogen-bond donors (Lipinski definition) is 1. The molecule has 0 bridgehead atoms. The second-order valence-electron chi connectivity index (χ2n) is 8.31. The summed E-state index contributed by atoms with van der Waals surface area (Å²) < 4.78 is 0. The fraction of sp³-hybridized carbons (Fsp3) is 0.565. The first-order valence-electron chi connectivity index (χ1n) is 10.9. The molecule has 1 unspecified atom stereocenters. The molecular weight excluding hydrogens is 348 g/mol. The number of aromatic amines is 1. The molecule has 1 aromatic heterocycles. The molecule has 0 saturated carbocycles. The SMILES string of the molecule is CCCCc1cc(=O)[nH]c(-c2ccc(CN3CCCN4CCCC4C3)cc2)n1. The zero-order valence-corrected chi connectivity index (χ0v) is 17.0. The van der Waals surface area contributed by atoms with Gasteiger partial charge in [-0.25, -0.2) is 4.98 Å². The van der Waals surface area contributed by atoms with Gasteiger partial charge in [-0.15, -0.1) is 0 Å². The molecule has 3 heterocycles. The highest BCUT2D eigenvalue weighted by Crippen LogP contribution is 2.23. The molecule has 5 heteroatoms. The first kappa shape index (κ1) is 19.3. The summed E-state index contributed by atoms with van der Waals surface area (Å²) in [5.74, 6) is 0.682. The molecule has 0 spiro atoms. The molecule has 2 aromatic rings. The molecule has 1 atom stereocenters. The maximum atomic E-state index is 12.0. The van der Waals surface area contributed by atoms with Gasteiger partial charge in [0.25, 0.3) is 5.56 Å². The van der Waals surface area contributed by atoms with Crippen LogP contribution in [0.1, 0.15) is 50.3 Å². The van der Waals surface area contributed by atoms with Crippen LogP contribution in [0.15, 0.2) is 35.1 Å². The molecule has 0 amide bonds. The third kappa shape index (κ3) is 4.70. The summed E-state index contributed by atoms with van der Waals surface area (Å²) in [6.07, 6.45) is 7.00. The molecule has 0 radical (unpaired) electrons. The number of nitrogens with one attached hydrogen (secondary N) is 1. The van der Waals surface area contributed by atoms with Gasteiger partial charge in [-0.1, -0.05) is 37.6 Å². The van der Waals surface area contributed by atoms with Crippen LogP contribution >= 0.6 is 0 Å². The molecule has 4 rings (SSSR count). The van der Waals surface area contributed by atoms with E-state index in [2.05, 4.69) is 51.0 Å². The quantitative estimate of drug-likeness (QED) is 0.834. The Kier molecular flexibility index (Phi) is 6.23. The van der Waals surface area contributed by atoms with E-state index in [4.69, 9.17) is 0 Å². The maximum Gasteiger partial charge on any atom is 0.251 e. The Bertz CT molecular complexity index is 829. The van der Waals surface area contributed by atoms with Gasteiger partial charge in [0.15, 0.2) is 0 Å². The first-order chi connectivity index (χ1) is 13.7. The van der Waals surface area contributed by atoms with E-state index in [9.17, 15) is 4.79 Å². The van der Waals surface area contributed by atoms with E-state index in [0.29, 0.717) is 5.82 Å². The lowest BCUT2D eigenvalue weighted by Gasteiger charge is -2.25. The van der Waals surface area contributed by atoms with Crippen LogP contribution in [0.25, 0.3) is 11.4 Å². The van der Waals surface area contributed by atoms with Crippen LogP contribution < -0.4 is 5.56 Å². The zero-order valence-electron chi connectivity index (χ0n) is 17.0. The van der Waals surface area contributed by atoms with Gasteiger partial charge in [-0.05, 0) is 57.3 Å². The van der Waals surface area contributed by atoms with Crippen LogP contribution in [0.3, 0.4) is 0 Å². The number of benzene rings is 1. The van der Waals surface area contributed by atoms with E-state index in [1.165, 1.54) is 51.0 Å². The average molecular weight is 381 g/mol. The average Bonchev–Trinajstić information content (AvgIpc) is 3.05. The third-order valence-corrected chi connectivity index (χ3v) is 6.10. The standard InChI is InChI=1S/C23H32N4O/c1-2-3-6-20-15-22(28)25-23(24-20)19-10-8-18(9-11-19)16-26-12-5-14-27-13-4-7-21(27)17-26/h8-11,15,21H,2-7,12-14,16-17H2,1H3,(H,24,25,28). The van der Waals surface area contributed by atoms with E-state index in [0.717, 1.165) is 43.1 Å². The predicted molar refractivity (Wildman–Crippen MR) is 113 cm³/mol. The molecule has 2 fully saturated rings. The molecule has 1 N–H and O–H groups in total. The van der Waals surface area contributed by atoms with Crippen molar-refractivity contribution >= 4 is 0 Å². The van der Waals surface area contributed by atoms with Crippen molar-refractivity contribution in [3.63, 3.8) is 0 Å². The van der Waals surface area contributed by atoms with Crippen molar-refractivity contribution in [3.05, 3.63) is 51.9 Å². The number of fused-ring (bicyclic) bond motifs is 1. The van der Waals surface area contributed by atoms with Crippen LogP contribution in [-0.2, 0) is 13.0 Å². The van der Waals surface area contributed by atoms with E-state index >= 15 is 0 Å². The van der Waals surface area contributed by atoms with Gasteiger partial charge < -0.3 is 4.98 Å². The topological polar surface area (TPSA) is 52.2 Å².